The first-order chi connectivity index (χ1) is 4.09. The van der Waals surface area contributed by atoms with Crippen LogP contribution in [0.25, 0.3) is 0 Å². The van der Waals surface area contributed by atoms with Crippen molar-refractivity contribution in [2.45, 2.75) is 28.4 Å². The molecule has 0 heterocycles. The van der Waals surface area contributed by atoms with Gasteiger partial charge in [0.25, 0.3) is 0 Å². The van der Waals surface area contributed by atoms with Crippen molar-refractivity contribution >= 4 is 50.5 Å². The molecule has 9 heavy (non-hydrogen) atoms. The normalized spacial score (nSPS) is 18.0. The predicted octanol–water partition coefficient (Wildman–Crippen LogP) is 2.18. The second kappa shape index (κ2) is 5.10. The molecule has 0 aliphatic rings. The highest BCUT2D eigenvalue weighted by molar-refractivity contribution is 8.00. The Morgan fingerprint density at radius 1 is 1.11 bits per heavy atom. The van der Waals surface area contributed by atoms with Crippen LogP contribution in [0.15, 0.2) is 0 Å². The zero-order valence-electron chi connectivity index (χ0n) is 5.23. The molecule has 0 nitrogen and oxygen atoms in total. The van der Waals surface area contributed by atoms with Crippen LogP contribution < -0.4 is 0 Å². The quantitative estimate of drug-likeness (QED) is 0.390. The van der Waals surface area contributed by atoms with Crippen molar-refractivity contribution in [1.82, 2.24) is 0 Å². The van der Waals surface area contributed by atoms with E-state index in [0.29, 0.717) is 5.25 Å². The summed E-state index contributed by atoms with van der Waals surface area (Å²) >= 11 is 16.8. The summed E-state index contributed by atoms with van der Waals surface area (Å²) in [5, 5.41) is 0.471. The van der Waals surface area contributed by atoms with Crippen molar-refractivity contribution in [3.8, 4) is 0 Å². The van der Waals surface area contributed by atoms with Crippen LogP contribution >= 0.6 is 50.5 Å². The second-order valence-corrected chi connectivity index (χ2v) is 4.66. The molecule has 0 saturated carbocycles. The molecule has 0 rings (SSSR count). The lowest BCUT2D eigenvalue weighted by Gasteiger charge is -2.18. The summed E-state index contributed by atoms with van der Waals surface area (Å²) in [4.78, 5) is 0. The average molecular weight is 200 g/mol. The Bertz CT molecular complexity index is 73.4. The Morgan fingerprint density at radius 2 is 1.56 bits per heavy atom. The minimum atomic E-state index is 0.0239. The number of rotatable bonds is 3. The van der Waals surface area contributed by atoms with E-state index < -0.39 is 0 Å². The van der Waals surface area contributed by atoms with Gasteiger partial charge < -0.3 is 0 Å². The third kappa shape index (κ3) is 3.96. The van der Waals surface area contributed by atoms with Crippen LogP contribution in [0.2, 0.25) is 0 Å². The average Bonchev–Trinajstić information content (AvgIpc) is 1.84. The summed E-state index contributed by atoms with van der Waals surface area (Å²) < 4.78 is 0.0239. The summed E-state index contributed by atoms with van der Waals surface area (Å²) in [7, 11) is 0. The van der Waals surface area contributed by atoms with Crippen LogP contribution in [-0.4, -0.2) is 15.1 Å². The molecule has 0 amide bonds. The van der Waals surface area contributed by atoms with Crippen LogP contribution in [0, 0.1) is 0 Å². The fourth-order valence-corrected chi connectivity index (χ4v) is 1.51. The molecular formula is C5H12S4. The van der Waals surface area contributed by atoms with E-state index in [9.17, 15) is 0 Å². The van der Waals surface area contributed by atoms with Gasteiger partial charge in [0, 0.05) is 10.5 Å². The molecule has 2 atom stereocenters. The molecule has 0 bridgehead atoms. The van der Waals surface area contributed by atoms with E-state index in [1.165, 1.54) is 0 Å². The minimum absolute atomic E-state index is 0.0239. The standard InChI is InChI=1S/C5H12S4/c1-2-3(6)4(7)5(8)9/h3-9H,2H2,1H3. The van der Waals surface area contributed by atoms with Gasteiger partial charge in [-0.1, -0.05) is 6.92 Å². The molecule has 0 aliphatic heterocycles. The molecule has 0 radical (unpaired) electrons. The van der Waals surface area contributed by atoms with Gasteiger partial charge in [-0.15, -0.1) is 0 Å². The predicted molar refractivity (Wildman–Crippen MR) is 57.6 cm³/mol. The largest absolute Gasteiger partial charge is 0.175 e. The lowest BCUT2D eigenvalue weighted by atomic mass is 10.2. The van der Waals surface area contributed by atoms with Crippen molar-refractivity contribution in [3.05, 3.63) is 0 Å². The first kappa shape index (κ1) is 10.4. The first-order valence-corrected chi connectivity index (χ1v) is 4.88. The highest BCUT2D eigenvalue weighted by Crippen LogP contribution is 2.21. The first-order valence-electron chi connectivity index (χ1n) is 2.81. The molecule has 0 N–H and O–H groups in total. The summed E-state index contributed by atoms with van der Waals surface area (Å²) in [6, 6.07) is 0. The van der Waals surface area contributed by atoms with Gasteiger partial charge in [-0.05, 0) is 6.42 Å². The van der Waals surface area contributed by atoms with Gasteiger partial charge in [0.2, 0.25) is 0 Å². The third-order valence-corrected chi connectivity index (χ3v) is 3.81. The SMILES string of the molecule is CCC(S)C(S)C(S)S. The van der Waals surface area contributed by atoms with Gasteiger partial charge in [0.1, 0.15) is 0 Å². The summed E-state index contributed by atoms with van der Waals surface area (Å²) in [6.07, 6.45) is 1.01. The van der Waals surface area contributed by atoms with E-state index in [4.69, 9.17) is 0 Å². The van der Waals surface area contributed by atoms with Gasteiger partial charge in [-0.3, -0.25) is 0 Å². The van der Waals surface area contributed by atoms with Gasteiger partial charge in [-0.25, -0.2) is 0 Å². The highest BCUT2D eigenvalue weighted by Gasteiger charge is 2.16. The molecule has 0 fully saturated rings. The minimum Gasteiger partial charge on any atom is -0.175 e. The summed E-state index contributed by atoms with van der Waals surface area (Å²) in [5.74, 6) is 0. The van der Waals surface area contributed by atoms with E-state index in [1.807, 2.05) is 0 Å². The monoisotopic (exact) mass is 200 g/mol. The number of thiol groups is 4. The van der Waals surface area contributed by atoms with Crippen LogP contribution in [0.1, 0.15) is 13.3 Å². The van der Waals surface area contributed by atoms with Crippen LogP contribution in [0.5, 0.6) is 0 Å². The Morgan fingerprint density at radius 3 is 1.67 bits per heavy atom. The Labute approximate surface area is 78.8 Å². The van der Waals surface area contributed by atoms with Gasteiger partial charge in [0.05, 0.1) is 4.58 Å². The maximum atomic E-state index is 4.29. The van der Waals surface area contributed by atoms with Crippen LogP contribution in [0.4, 0.5) is 0 Å². The van der Waals surface area contributed by atoms with Crippen molar-refractivity contribution in [2.75, 3.05) is 0 Å². The smallest absolute Gasteiger partial charge is 0.0568 e. The van der Waals surface area contributed by atoms with Gasteiger partial charge in [-0.2, -0.15) is 50.5 Å². The molecule has 0 spiro atoms. The zero-order valence-corrected chi connectivity index (χ0v) is 8.81. The van der Waals surface area contributed by atoms with Crippen LogP contribution in [0.3, 0.4) is 0 Å². The lowest BCUT2D eigenvalue weighted by molar-refractivity contribution is 0.812. The van der Waals surface area contributed by atoms with E-state index in [2.05, 4.69) is 57.4 Å². The van der Waals surface area contributed by atoms with Crippen molar-refractivity contribution < 1.29 is 0 Å². The molecule has 56 valence electrons. The second-order valence-electron chi connectivity index (χ2n) is 1.88. The maximum absolute atomic E-state index is 4.29. The molecule has 0 aliphatic carbocycles. The molecule has 0 aromatic heterocycles. The number of hydrogen-bond acceptors (Lipinski definition) is 4. The van der Waals surface area contributed by atoms with Crippen molar-refractivity contribution in [3.63, 3.8) is 0 Å². The fraction of sp³-hybridized carbons (Fsp3) is 1.00. The van der Waals surface area contributed by atoms with E-state index >= 15 is 0 Å². The maximum Gasteiger partial charge on any atom is 0.0568 e. The zero-order chi connectivity index (χ0) is 7.44. The number of hydrogen-bond donors (Lipinski definition) is 4. The molecular weight excluding hydrogens is 188 g/mol. The molecule has 0 aromatic carbocycles. The Hall–Kier alpha value is 1.40. The van der Waals surface area contributed by atoms with Gasteiger partial charge in [0.15, 0.2) is 0 Å². The topological polar surface area (TPSA) is 0 Å². The van der Waals surface area contributed by atoms with Crippen molar-refractivity contribution in [2.24, 2.45) is 0 Å². The van der Waals surface area contributed by atoms with Crippen LogP contribution in [-0.2, 0) is 0 Å². The van der Waals surface area contributed by atoms with E-state index in [-0.39, 0.29) is 9.83 Å². The van der Waals surface area contributed by atoms with Crippen molar-refractivity contribution in [1.29, 1.82) is 0 Å². The summed E-state index contributed by atoms with van der Waals surface area (Å²) in [5.41, 5.74) is 0. The Kier molecular flexibility index (Phi) is 5.90. The van der Waals surface area contributed by atoms with E-state index in [0.717, 1.165) is 6.42 Å². The molecule has 0 aromatic rings. The molecule has 4 heteroatoms. The molecule has 2 unspecified atom stereocenters. The molecule has 0 saturated heterocycles. The summed E-state index contributed by atoms with van der Waals surface area (Å²) in [6.45, 7) is 2.07. The fourth-order valence-electron chi connectivity index (χ4n) is 0.440. The Balaban J connectivity index is 3.58. The third-order valence-electron chi connectivity index (χ3n) is 1.12. The lowest BCUT2D eigenvalue weighted by Crippen LogP contribution is -2.21. The van der Waals surface area contributed by atoms with E-state index in [1.54, 1.807) is 0 Å². The highest BCUT2D eigenvalue weighted by atomic mass is 32.2. The van der Waals surface area contributed by atoms with Gasteiger partial charge >= 0.3 is 0 Å².